The molecular weight excluding hydrogens is 364 g/mol. The molecule has 6 heteroatoms. The Bertz CT molecular complexity index is 816. The van der Waals surface area contributed by atoms with Crippen LogP contribution in [0.15, 0.2) is 64.6 Å². The molecular formula is C20H22N2O2S2. The van der Waals surface area contributed by atoms with Crippen LogP contribution in [-0.2, 0) is 6.54 Å². The van der Waals surface area contributed by atoms with Gasteiger partial charge in [-0.05, 0) is 61.8 Å². The van der Waals surface area contributed by atoms with E-state index in [1.807, 2.05) is 43.3 Å². The predicted molar refractivity (Wildman–Crippen MR) is 111 cm³/mol. The van der Waals surface area contributed by atoms with Crippen LogP contribution in [0.5, 0.6) is 5.75 Å². The first-order valence-corrected chi connectivity index (χ1v) is 9.83. The van der Waals surface area contributed by atoms with Crippen molar-refractivity contribution in [3.63, 3.8) is 0 Å². The molecule has 0 aliphatic heterocycles. The summed E-state index contributed by atoms with van der Waals surface area (Å²) in [7, 11) is 0. The van der Waals surface area contributed by atoms with E-state index in [-0.39, 0.29) is 6.04 Å². The molecule has 0 bridgehead atoms. The SMILES string of the molecule is CCOc1ccccc1NC(=S)N(Cc1ccco1)C(C)c1cccs1. The van der Waals surface area contributed by atoms with Crippen molar-refractivity contribution in [1.29, 1.82) is 0 Å². The number of thiocarbonyl (C=S) groups is 1. The number of nitrogens with one attached hydrogen (secondary N) is 1. The Morgan fingerprint density at radius 2 is 2.08 bits per heavy atom. The fraction of sp³-hybridized carbons (Fsp3) is 0.250. The molecule has 1 atom stereocenters. The number of furan rings is 1. The lowest BCUT2D eigenvalue weighted by Gasteiger charge is -2.31. The van der Waals surface area contributed by atoms with Gasteiger partial charge in [-0.2, -0.15) is 0 Å². The van der Waals surface area contributed by atoms with E-state index in [2.05, 4.69) is 34.7 Å². The lowest BCUT2D eigenvalue weighted by atomic mass is 10.2. The zero-order valence-corrected chi connectivity index (χ0v) is 16.5. The van der Waals surface area contributed by atoms with E-state index in [1.165, 1.54) is 4.88 Å². The van der Waals surface area contributed by atoms with Gasteiger partial charge in [-0.15, -0.1) is 11.3 Å². The van der Waals surface area contributed by atoms with E-state index in [0.717, 1.165) is 17.2 Å². The summed E-state index contributed by atoms with van der Waals surface area (Å²) in [5.74, 6) is 1.66. The van der Waals surface area contributed by atoms with Crippen LogP contribution in [0.2, 0.25) is 0 Å². The van der Waals surface area contributed by atoms with Crippen molar-refractivity contribution >= 4 is 34.4 Å². The van der Waals surface area contributed by atoms with Crippen molar-refractivity contribution in [2.24, 2.45) is 0 Å². The highest BCUT2D eigenvalue weighted by Crippen LogP contribution is 2.29. The minimum absolute atomic E-state index is 0.124. The van der Waals surface area contributed by atoms with Crippen LogP contribution in [0.3, 0.4) is 0 Å². The van der Waals surface area contributed by atoms with Crippen LogP contribution < -0.4 is 10.1 Å². The van der Waals surface area contributed by atoms with Gasteiger partial charge in [-0.25, -0.2) is 0 Å². The van der Waals surface area contributed by atoms with Crippen LogP contribution >= 0.6 is 23.6 Å². The van der Waals surface area contributed by atoms with E-state index in [1.54, 1.807) is 17.6 Å². The van der Waals surface area contributed by atoms with Gasteiger partial charge < -0.3 is 19.4 Å². The zero-order chi connectivity index (χ0) is 18.4. The Morgan fingerprint density at radius 3 is 2.77 bits per heavy atom. The van der Waals surface area contributed by atoms with Crippen molar-refractivity contribution in [2.75, 3.05) is 11.9 Å². The van der Waals surface area contributed by atoms with Gasteiger partial charge in [-0.3, -0.25) is 0 Å². The third-order valence-electron chi connectivity index (χ3n) is 4.02. The second-order valence-electron chi connectivity index (χ2n) is 5.76. The number of benzene rings is 1. The summed E-state index contributed by atoms with van der Waals surface area (Å²) in [5, 5.41) is 6.06. The molecule has 4 nitrogen and oxygen atoms in total. The maximum atomic E-state index is 5.75. The molecule has 0 spiro atoms. The van der Waals surface area contributed by atoms with Gasteiger partial charge in [-0.1, -0.05) is 18.2 Å². The van der Waals surface area contributed by atoms with E-state index in [4.69, 9.17) is 21.4 Å². The Morgan fingerprint density at radius 1 is 1.23 bits per heavy atom. The van der Waals surface area contributed by atoms with E-state index in [0.29, 0.717) is 18.3 Å². The second-order valence-corrected chi connectivity index (χ2v) is 7.12. The Hall–Kier alpha value is -2.31. The maximum Gasteiger partial charge on any atom is 0.174 e. The molecule has 0 radical (unpaired) electrons. The quantitative estimate of drug-likeness (QED) is 0.527. The summed E-state index contributed by atoms with van der Waals surface area (Å²) >= 11 is 7.47. The minimum Gasteiger partial charge on any atom is -0.492 e. The number of thiophene rings is 1. The monoisotopic (exact) mass is 386 g/mol. The number of ether oxygens (including phenoxy) is 1. The van der Waals surface area contributed by atoms with E-state index < -0.39 is 0 Å². The van der Waals surface area contributed by atoms with Crippen molar-refractivity contribution in [1.82, 2.24) is 4.90 Å². The van der Waals surface area contributed by atoms with Crippen molar-refractivity contribution < 1.29 is 9.15 Å². The number of anilines is 1. The highest BCUT2D eigenvalue weighted by molar-refractivity contribution is 7.80. The first kappa shape index (κ1) is 18.5. The van der Waals surface area contributed by atoms with E-state index in [9.17, 15) is 0 Å². The molecule has 136 valence electrons. The molecule has 2 heterocycles. The third kappa shape index (κ3) is 4.45. The van der Waals surface area contributed by atoms with Gasteiger partial charge in [0.25, 0.3) is 0 Å². The van der Waals surface area contributed by atoms with Crippen molar-refractivity contribution in [2.45, 2.75) is 26.4 Å². The van der Waals surface area contributed by atoms with Crippen LogP contribution in [0, 0.1) is 0 Å². The molecule has 0 aliphatic rings. The highest BCUT2D eigenvalue weighted by atomic mass is 32.1. The molecule has 3 rings (SSSR count). The fourth-order valence-corrected chi connectivity index (χ4v) is 3.80. The van der Waals surface area contributed by atoms with Crippen LogP contribution in [0.25, 0.3) is 0 Å². The second kappa shape index (κ2) is 8.87. The number of hydrogen-bond donors (Lipinski definition) is 1. The molecule has 0 saturated heterocycles. The number of hydrogen-bond acceptors (Lipinski definition) is 4. The minimum atomic E-state index is 0.124. The molecule has 0 fully saturated rings. The van der Waals surface area contributed by atoms with Gasteiger partial charge in [0.05, 0.1) is 31.1 Å². The van der Waals surface area contributed by atoms with Gasteiger partial charge >= 0.3 is 0 Å². The standard InChI is InChI=1S/C20H22N2O2S2/c1-3-23-18-10-5-4-9-17(18)21-20(25)22(14-16-8-6-12-24-16)15(2)19-11-7-13-26-19/h4-13,15H,3,14H2,1-2H3,(H,21,25). The number of para-hydroxylation sites is 2. The molecule has 3 aromatic rings. The number of rotatable bonds is 7. The van der Waals surface area contributed by atoms with Gasteiger partial charge in [0.2, 0.25) is 0 Å². The molecule has 0 aliphatic carbocycles. The molecule has 2 aromatic heterocycles. The highest BCUT2D eigenvalue weighted by Gasteiger charge is 2.21. The first-order chi connectivity index (χ1) is 12.7. The number of nitrogens with zero attached hydrogens (tertiary/aromatic N) is 1. The topological polar surface area (TPSA) is 37.6 Å². The molecule has 0 amide bonds. The van der Waals surface area contributed by atoms with Crippen molar-refractivity contribution in [3.8, 4) is 5.75 Å². The Kier molecular flexibility index (Phi) is 6.30. The molecule has 1 unspecified atom stereocenters. The largest absolute Gasteiger partial charge is 0.492 e. The molecule has 26 heavy (non-hydrogen) atoms. The smallest absolute Gasteiger partial charge is 0.174 e. The first-order valence-electron chi connectivity index (χ1n) is 8.54. The van der Waals surface area contributed by atoms with Gasteiger partial charge in [0.1, 0.15) is 11.5 Å². The summed E-state index contributed by atoms with van der Waals surface area (Å²) in [6.07, 6.45) is 1.68. The molecule has 1 aromatic carbocycles. The summed E-state index contributed by atoms with van der Waals surface area (Å²) in [4.78, 5) is 3.38. The normalized spacial score (nSPS) is 11.8. The zero-order valence-electron chi connectivity index (χ0n) is 14.8. The summed E-state index contributed by atoms with van der Waals surface area (Å²) in [6.45, 7) is 5.32. The van der Waals surface area contributed by atoms with Crippen molar-refractivity contribution in [3.05, 3.63) is 70.8 Å². The average molecular weight is 387 g/mol. The fourth-order valence-electron chi connectivity index (χ4n) is 2.68. The summed E-state index contributed by atoms with van der Waals surface area (Å²) < 4.78 is 11.2. The molecule has 1 N–H and O–H groups in total. The van der Waals surface area contributed by atoms with Crippen LogP contribution in [0.1, 0.15) is 30.5 Å². The van der Waals surface area contributed by atoms with Crippen LogP contribution in [0.4, 0.5) is 5.69 Å². The average Bonchev–Trinajstić information content (AvgIpc) is 3.35. The summed E-state index contributed by atoms with van der Waals surface area (Å²) in [5.41, 5.74) is 0.863. The Labute approximate surface area is 163 Å². The predicted octanol–water partition coefficient (Wildman–Crippen LogP) is 5.70. The third-order valence-corrected chi connectivity index (χ3v) is 5.40. The maximum absolute atomic E-state index is 5.75. The van der Waals surface area contributed by atoms with Gasteiger partial charge in [0, 0.05) is 4.88 Å². The lowest BCUT2D eigenvalue weighted by molar-refractivity contribution is 0.306. The lowest BCUT2D eigenvalue weighted by Crippen LogP contribution is -2.36. The van der Waals surface area contributed by atoms with E-state index >= 15 is 0 Å². The summed E-state index contributed by atoms with van der Waals surface area (Å²) in [6, 6.07) is 16.0. The van der Waals surface area contributed by atoms with Gasteiger partial charge in [0.15, 0.2) is 5.11 Å². The Balaban J connectivity index is 1.82. The van der Waals surface area contributed by atoms with Crippen LogP contribution in [-0.4, -0.2) is 16.6 Å². The molecule has 0 saturated carbocycles.